The summed E-state index contributed by atoms with van der Waals surface area (Å²) in [6.07, 6.45) is 2.42. The van der Waals surface area contributed by atoms with Crippen LogP contribution in [-0.2, 0) is 20.0 Å². The Morgan fingerprint density at radius 1 is 1.33 bits per heavy atom. The molecular formula is C19H23FN6O. The molecule has 0 atom stereocenters. The standard InChI is InChI=1S/C19H23FN6O/c1-5-15-17(13-6-8-14(20)9-7-13)18(26(4)24-15)23-19(27)25(3)11-16-21-10-12(2)22-16/h6-10H,5,11H2,1-4H3,(H,21,22)(H,23,27). The first-order valence-corrected chi connectivity index (χ1v) is 8.73. The van der Waals surface area contributed by atoms with E-state index in [4.69, 9.17) is 0 Å². The summed E-state index contributed by atoms with van der Waals surface area (Å²) in [4.78, 5) is 21.5. The van der Waals surface area contributed by atoms with Crippen molar-refractivity contribution in [2.45, 2.75) is 26.8 Å². The number of urea groups is 1. The van der Waals surface area contributed by atoms with E-state index in [0.29, 0.717) is 24.6 Å². The van der Waals surface area contributed by atoms with Gasteiger partial charge in [0.25, 0.3) is 0 Å². The number of anilines is 1. The van der Waals surface area contributed by atoms with E-state index in [2.05, 4.69) is 20.4 Å². The van der Waals surface area contributed by atoms with Crippen molar-refractivity contribution in [2.24, 2.45) is 7.05 Å². The minimum absolute atomic E-state index is 0.280. The summed E-state index contributed by atoms with van der Waals surface area (Å²) in [6, 6.07) is 5.91. The average molecular weight is 370 g/mol. The summed E-state index contributed by atoms with van der Waals surface area (Å²) in [5, 5.41) is 7.42. The maximum atomic E-state index is 13.3. The molecule has 0 saturated heterocycles. The van der Waals surface area contributed by atoms with Crippen LogP contribution < -0.4 is 5.32 Å². The van der Waals surface area contributed by atoms with Gasteiger partial charge in [-0.2, -0.15) is 5.10 Å². The number of H-pyrrole nitrogens is 1. The molecule has 0 radical (unpaired) electrons. The van der Waals surface area contributed by atoms with Gasteiger partial charge in [0.15, 0.2) is 0 Å². The molecule has 0 spiro atoms. The first-order chi connectivity index (χ1) is 12.9. The Morgan fingerprint density at radius 2 is 2.04 bits per heavy atom. The Bertz CT molecular complexity index is 944. The molecule has 2 aromatic heterocycles. The summed E-state index contributed by atoms with van der Waals surface area (Å²) in [5.41, 5.74) is 3.39. The van der Waals surface area contributed by atoms with Crippen LogP contribution in [0, 0.1) is 12.7 Å². The van der Waals surface area contributed by atoms with Crippen molar-refractivity contribution in [2.75, 3.05) is 12.4 Å². The van der Waals surface area contributed by atoms with Crippen LogP contribution in [0.3, 0.4) is 0 Å². The van der Waals surface area contributed by atoms with E-state index >= 15 is 0 Å². The minimum atomic E-state index is -0.306. The molecule has 0 aliphatic carbocycles. The molecule has 142 valence electrons. The molecular weight excluding hydrogens is 347 g/mol. The molecule has 2 amide bonds. The highest BCUT2D eigenvalue weighted by atomic mass is 19.1. The highest BCUT2D eigenvalue weighted by molar-refractivity contribution is 5.93. The maximum absolute atomic E-state index is 13.3. The van der Waals surface area contributed by atoms with E-state index in [1.165, 1.54) is 17.0 Å². The fraction of sp³-hybridized carbons (Fsp3) is 0.316. The number of rotatable bonds is 5. The van der Waals surface area contributed by atoms with Crippen LogP contribution >= 0.6 is 0 Å². The lowest BCUT2D eigenvalue weighted by Crippen LogP contribution is -2.32. The van der Waals surface area contributed by atoms with Gasteiger partial charge in [-0.05, 0) is 31.0 Å². The third kappa shape index (κ3) is 3.99. The fourth-order valence-corrected chi connectivity index (χ4v) is 2.93. The smallest absolute Gasteiger partial charge is 0.323 e. The molecule has 27 heavy (non-hydrogen) atoms. The summed E-state index contributed by atoms with van der Waals surface area (Å²) < 4.78 is 14.9. The highest BCUT2D eigenvalue weighted by Gasteiger charge is 2.20. The number of benzene rings is 1. The van der Waals surface area contributed by atoms with Crippen LogP contribution in [0.25, 0.3) is 11.1 Å². The Kier molecular flexibility index (Phi) is 5.25. The average Bonchev–Trinajstić information content (AvgIpc) is 3.19. The van der Waals surface area contributed by atoms with Crippen molar-refractivity contribution in [3.8, 4) is 11.1 Å². The molecule has 0 bridgehead atoms. The Morgan fingerprint density at radius 3 is 2.63 bits per heavy atom. The maximum Gasteiger partial charge on any atom is 0.323 e. The van der Waals surface area contributed by atoms with Gasteiger partial charge in [0.1, 0.15) is 17.5 Å². The van der Waals surface area contributed by atoms with Crippen LogP contribution in [0.15, 0.2) is 30.5 Å². The number of imidazole rings is 1. The number of hydrogen-bond acceptors (Lipinski definition) is 3. The molecule has 7 nitrogen and oxygen atoms in total. The first kappa shape index (κ1) is 18.6. The molecule has 8 heteroatoms. The van der Waals surface area contributed by atoms with Crippen LogP contribution in [0.1, 0.15) is 24.1 Å². The third-order valence-electron chi connectivity index (χ3n) is 4.30. The quantitative estimate of drug-likeness (QED) is 0.722. The molecule has 0 unspecified atom stereocenters. The van der Waals surface area contributed by atoms with E-state index in [-0.39, 0.29) is 11.8 Å². The lowest BCUT2D eigenvalue weighted by molar-refractivity contribution is 0.219. The van der Waals surface area contributed by atoms with Gasteiger partial charge in [0.2, 0.25) is 0 Å². The first-order valence-electron chi connectivity index (χ1n) is 8.73. The minimum Gasteiger partial charge on any atom is -0.345 e. The molecule has 3 rings (SSSR count). The lowest BCUT2D eigenvalue weighted by atomic mass is 10.0. The second kappa shape index (κ2) is 7.61. The van der Waals surface area contributed by atoms with Crippen LogP contribution in [0.5, 0.6) is 0 Å². The van der Waals surface area contributed by atoms with Gasteiger partial charge in [-0.3, -0.25) is 10.00 Å². The number of aryl methyl sites for hydroxylation is 3. The Hall–Kier alpha value is -3.16. The van der Waals surface area contributed by atoms with Crippen molar-refractivity contribution in [3.63, 3.8) is 0 Å². The SMILES string of the molecule is CCc1nn(C)c(NC(=O)N(C)Cc2ncc(C)[nH]2)c1-c1ccc(F)cc1. The van der Waals surface area contributed by atoms with Gasteiger partial charge in [-0.15, -0.1) is 0 Å². The largest absolute Gasteiger partial charge is 0.345 e. The van der Waals surface area contributed by atoms with Crippen LogP contribution in [0.4, 0.5) is 15.0 Å². The molecule has 0 aliphatic heterocycles. The number of carbonyl (C=O) groups is 1. The van der Waals surface area contributed by atoms with E-state index in [9.17, 15) is 9.18 Å². The molecule has 0 aliphatic rings. The second-order valence-corrected chi connectivity index (χ2v) is 6.45. The summed E-state index contributed by atoms with van der Waals surface area (Å²) in [6.45, 7) is 4.25. The molecule has 2 N–H and O–H groups in total. The number of nitrogens with zero attached hydrogens (tertiary/aromatic N) is 4. The predicted molar refractivity (Wildman–Crippen MR) is 102 cm³/mol. The van der Waals surface area contributed by atoms with Gasteiger partial charge < -0.3 is 9.88 Å². The third-order valence-corrected chi connectivity index (χ3v) is 4.30. The second-order valence-electron chi connectivity index (χ2n) is 6.45. The van der Waals surface area contributed by atoms with Gasteiger partial charge >= 0.3 is 6.03 Å². The van der Waals surface area contributed by atoms with Gasteiger partial charge in [0.05, 0.1) is 12.2 Å². The van der Waals surface area contributed by atoms with E-state index < -0.39 is 0 Å². The molecule has 3 aromatic rings. The normalized spacial score (nSPS) is 10.9. The van der Waals surface area contributed by atoms with E-state index in [1.807, 2.05) is 13.8 Å². The number of carbonyl (C=O) groups excluding carboxylic acids is 1. The Balaban J connectivity index is 1.86. The van der Waals surface area contributed by atoms with Crippen molar-refractivity contribution in [3.05, 3.63) is 53.5 Å². The van der Waals surface area contributed by atoms with Crippen molar-refractivity contribution in [1.29, 1.82) is 0 Å². The molecule has 1 aromatic carbocycles. The zero-order valence-electron chi connectivity index (χ0n) is 15.9. The van der Waals surface area contributed by atoms with Gasteiger partial charge in [-0.25, -0.2) is 14.2 Å². The van der Waals surface area contributed by atoms with Gasteiger partial charge in [-0.1, -0.05) is 19.1 Å². The molecule has 0 fully saturated rings. The van der Waals surface area contributed by atoms with Crippen LogP contribution in [0.2, 0.25) is 0 Å². The number of hydrogen-bond donors (Lipinski definition) is 2. The molecule has 0 saturated carbocycles. The summed E-state index contributed by atoms with van der Waals surface area (Å²) >= 11 is 0. The monoisotopic (exact) mass is 370 g/mol. The van der Waals surface area contributed by atoms with E-state index in [1.54, 1.807) is 37.1 Å². The van der Waals surface area contributed by atoms with Crippen molar-refractivity contribution in [1.82, 2.24) is 24.6 Å². The van der Waals surface area contributed by atoms with Crippen molar-refractivity contribution < 1.29 is 9.18 Å². The number of amides is 2. The predicted octanol–water partition coefficient (Wildman–Crippen LogP) is 3.48. The Labute approximate surface area is 157 Å². The van der Waals surface area contributed by atoms with Crippen LogP contribution in [-0.4, -0.2) is 37.7 Å². The number of aromatic amines is 1. The summed E-state index contributed by atoms with van der Waals surface area (Å²) in [5.74, 6) is 0.980. The number of nitrogens with one attached hydrogen (secondary N) is 2. The fourth-order valence-electron chi connectivity index (χ4n) is 2.93. The number of halogens is 1. The topological polar surface area (TPSA) is 78.8 Å². The van der Waals surface area contributed by atoms with Crippen molar-refractivity contribution >= 4 is 11.8 Å². The summed E-state index contributed by atoms with van der Waals surface area (Å²) in [7, 11) is 3.47. The number of aromatic nitrogens is 4. The molecule has 2 heterocycles. The lowest BCUT2D eigenvalue weighted by Gasteiger charge is -2.17. The zero-order chi connectivity index (χ0) is 19.6. The van der Waals surface area contributed by atoms with Gasteiger partial charge in [0, 0.05) is 31.5 Å². The van der Waals surface area contributed by atoms with E-state index in [0.717, 1.165) is 22.5 Å². The zero-order valence-corrected chi connectivity index (χ0v) is 15.9. The highest BCUT2D eigenvalue weighted by Crippen LogP contribution is 2.32.